The van der Waals surface area contributed by atoms with E-state index in [0.717, 1.165) is 54.7 Å². The monoisotopic (exact) mass is 467 g/mol. The number of aliphatic hydroxyl groups excluding tert-OH is 1. The number of furan rings is 1. The summed E-state index contributed by atoms with van der Waals surface area (Å²) in [6.45, 7) is 12.2. The maximum atomic E-state index is 9.58. The molecular formula is C26H37N5O3. The second-order valence-corrected chi connectivity index (χ2v) is 10.5. The summed E-state index contributed by atoms with van der Waals surface area (Å²) in [6.07, 6.45) is 5.57. The summed E-state index contributed by atoms with van der Waals surface area (Å²) in [5.41, 5.74) is 2.48. The molecule has 3 aromatic rings. The Hall–Kier alpha value is -2.87. The third-order valence-electron chi connectivity index (χ3n) is 6.09. The molecule has 4 rings (SSSR count). The van der Waals surface area contributed by atoms with Gasteiger partial charge in [-0.2, -0.15) is 4.98 Å². The highest BCUT2D eigenvalue weighted by atomic mass is 16.5. The Morgan fingerprint density at radius 1 is 1.21 bits per heavy atom. The first-order valence-corrected chi connectivity index (χ1v) is 12.3. The van der Waals surface area contributed by atoms with E-state index in [9.17, 15) is 5.11 Å². The van der Waals surface area contributed by atoms with Gasteiger partial charge in [-0.25, -0.2) is 9.97 Å². The highest BCUT2D eigenvalue weighted by Crippen LogP contribution is 2.37. The van der Waals surface area contributed by atoms with Crippen LogP contribution in [0.1, 0.15) is 59.1 Å². The summed E-state index contributed by atoms with van der Waals surface area (Å²) < 4.78 is 11.9. The van der Waals surface area contributed by atoms with E-state index in [1.807, 2.05) is 19.1 Å². The van der Waals surface area contributed by atoms with E-state index in [2.05, 4.69) is 43.3 Å². The fraction of sp³-hybridized carbons (Fsp3) is 0.577. The number of aliphatic hydroxyl groups is 1. The van der Waals surface area contributed by atoms with Gasteiger partial charge < -0.3 is 24.9 Å². The Kier molecular flexibility index (Phi) is 7.26. The zero-order chi connectivity index (χ0) is 24.3. The summed E-state index contributed by atoms with van der Waals surface area (Å²) in [6, 6.07) is 4.16. The summed E-state index contributed by atoms with van der Waals surface area (Å²) in [4.78, 5) is 14.0. The molecule has 2 atom stereocenters. The van der Waals surface area contributed by atoms with Gasteiger partial charge in [0, 0.05) is 30.6 Å². The number of fused-ring (bicyclic) bond motifs is 1. The summed E-state index contributed by atoms with van der Waals surface area (Å²) in [5.74, 6) is 2.98. The van der Waals surface area contributed by atoms with E-state index in [-0.39, 0.29) is 18.1 Å². The number of nitrogens with zero attached hydrogens (tertiary/aromatic N) is 3. The van der Waals surface area contributed by atoms with Crippen LogP contribution in [0.3, 0.4) is 0 Å². The van der Waals surface area contributed by atoms with Gasteiger partial charge in [-0.1, -0.05) is 27.7 Å². The van der Waals surface area contributed by atoms with Crippen LogP contribution in [-0.4, -0.2) is 45.9 Å². The van der Waals surface area contributed by atoms with Crippen molar-refractivity contribution in [1.82, 2.24) is 15.0 Å². The number of hydrogen-bond acceptors (Lipinski definition) is 8. The number of nitrogens with one attached hydrogen (secondary N) is 2. The number of ether oxygens (including phenoxy) is 1. The molecule has 0 unspecified atom stereocenters. The van der Waals surface area contributed by atoms with Crippen LogP contribution < -0.4 is 15.4 Å². The van der Waals surface area contributed by atoms with Crippen LogP contribution in [0.15, 0.2) is 22.7 Å². The highest BCUT2D eigenvalue weighted by molar-refractivity contribution is 5.86. The van der Waals surface area contributed by atoms with Crippen molar-refractivity contribution in [3.63, 3.8) is 0 Å². The minimum atomic E-state index is 0.104. The first-order valence-electron chi connectivity index (χ1n) is 12.3. The molecule has 3 aromatic heterocycles. The molecule has 3 heterocycles. The molecule has 34 heavy (non-hydrogen) atoms. The predicted molar refractivity (Wildman–Crippen MR) is 135 cm³/mol. The molecular weight excluding hydrogens is 430 g/mol. The Bertz CT molecular complexity index is 1120. The van der Waals surface area contributed by atoms with Crippen LogP contribution in [0.5, 0.6) is 5.88 Å². The Labute approximate surface area is 201 Å². The maximum absolute atomic E-state index is 9.58. The lowest BCUT2D eigenvalue weighted by atomic mass is 9.97. The van der Waals surface area contributed by atoms with Gasteiger partial charge >= 0.3 is 0 Å². The number of aryl methyl sites for hydroxylation is 1. The average molecular weight is 468 g/mol. The molecule has 1 fully saturated rings. The van der Waals surface area contributed by atoms with Crippen molar-refractivity contribution < 1.29 is 14.3 Å². The molecule has 3 N–H and O–H groups in total. The lowest BCUT2D eigenvalue weighted by Crippen LogP contribution is -2.22. The molecule has 1 saturated carbocycles. The van der Waals surface area contributed by atoms with E-state index in [4.69, 9.17) is 19.1 Å². The Morgan fingerprint density at radius 3 is 2.74 bits per heavy atom. The summed E-state index contributed by atoms with van der Waals surface area (Å²) in [5, 5.41) is 17.5. The number of aromatic nitrogens is 3. The van der Waals surface area contributed by atoms with Crippen LogP contribution in [0.4, 0.5) is 11.8 Å². The van der Waals surface area contributed by atoms with E-state index in [1.165, 1.54) is 0 Å². The van der Waals surface area contributed by atoms with Crippen molar-refractivity contribution in [1.29, 1.82) is 0 Å². The van der Waals surface area contributed by atoms with Gasteiger partial charge in [0.2, 0.25) is 11.8 Å². The molecule has 1 aliphatic carbocycles. The quantitative estimate of drug-likeness (QED) is 0.383. The molecule has 184 valence electrons. The first-order chi connectivity index (χ1) is 16.3. The van der Waals surface area contributed by atoms with Gasteiger partial charge in [0.1, 0.15) is 11.6 Å². The standard InChI is InChI=1S/C26H37N5O3/c1-6-9-33-22-12-18-11-20(34-21(18)13-27-22)23-16(2)29-25(28-15-26(3,4)5)31-24(23)30-19-8-7-17(10-19)14-32/h11-13,17,19,32H,6-10,14-15H2,1-5H3,(H2,28,29,30,31)/t17-,19+/m1/s1. The van der Waals surface area contributed by atoms with Crippen LogP contribution in [0.2, 0.25) is 0 Å². The van der Waals surface area contributed by atoms with E-state index < -0.39 is 0 Å². The van der Waals surface area contributed by atoms with Crippen LogP contribution >= 0.6 is 0 Å². The Morgan fingerprint density at radius 2 is 2.03 bits per heavy atom. The summed E-state index contributed by atoms with van der Waals surface area (Å²) >= 11 is 0. The second-order valence-electron chi connectivity index (χ2n) is 10.5. The number of hydrogen-bond donors (Lipinski definition) is 3. The molecule has 0 spiro atoms. The molecule has 1 aliphatic rings. The van der Waals surface area contributed by atoms with Gasteiger partial charge in [0.05, 0.1) is 24.1 Å². The normalized spacial score (nSPS) is 18.4. The van der Waals surface area contributed by atoms with Gasteiger partial charge in [-0.15, -0.1) is 0 Å². The van der Waals surface area contributed by atoms with Crippen molar-refractivity contribution in [3.8, 4) is 17.2 Å². The molecule has 0 amide bonds. The fourth-order valence-electron chi connectivity index (χ4n) is 4.30. The van der Waals surface area contributed by atoms with Crippen molar-refractivity contribution in [2.75, 3.05) is 30.4 Å². The predicted octanol–water partition coefficient (Wildman–Crippen LogP) is 5.41. The molecule has 8 nitrogen and oxygen atoms in total. The smallest absolute Gasteiger partial charge is 0.224 e. The first kappa shape index (κ1) is 24.3. The molecule has 0 bridgehead atoms. The second kappa shape index (κ2) is 10.2. The SMILES string of the molecule is CCCOc1cc2cc(-c3c(C)nc(NCC(C)(C)C)nc3N[C@H]3CC[C@@H](CO)C3)oc2cn1. The van der Waals surface area contributed by atoms with Gasteiger partial charge in [0.25, 0.3) is 0 Å². The molecule has 0 aromatic carbocycles. The van der Waals surface area contributed by atoms with Crippen LogP contribution in [0.25, 0.3) is 22.3 Å². The van der Waals surface area contributed by atoms with Crippen LogP contribution in [-0.2, 0) is 0 Å². The molecule has 8 heteroatoms. The fourth-order valence-corrected chi connectivity index (χ4v) is 4.30. The van der Waals surface area contributed by atoms with Crippen molar-refractivity contribution >= 4 is 22.7 Å². The summed E-state index contributed by atoms with van der Waals surface area (Å²) in [7, 11) is 0. The van der Waals surface area contributed by atoms with Gasteiger partial charge in [-0.05, 0) is 50.0 Å². The van der Waals surface area contributed by atoms with Gasteiger partial charge in [0.15, 0.2) is 5.58 Å². The van der Waals surface area contributed by atoms with Crippen LogP contribution in [0, 0.1) is 18.3 Å². The lowest BCUT2D eigenvalue weighted by Gasteiger charge is -2.21. The Balaban J connectivity index is 1.69. The van der Waals surface area contributed by atoms with Crippen molar-refractivity contribution in [3.05, 3.63) is 24.0 Å². The lowest BCUT2D eigenvalue weighted by molar-refractivity contribution is 0.229. The van der Waals surface area contributed by atoms with E-state index in [1.54, 1.807) is 6.20 Å². The zero-order valence-corrected chi connectivity index (χ0v) is 20.9. The largest absolute Gasteiger partial charge is 0.478 e. The van der Waals surface area contributed by atoms with Crippen molar-refractivity contribution in [2.45, 2.75) is 66.3 Å². The third-order valence-corrected chi connectivity index (χ3v) is 6.09. The molecule has 0 saturated heterocycles. The topological polar surface area (TPSA) is 105 Å². The number of rotatable bonds is 9. The van der Waals surface area contributed by atoms with E-state index in [0.29, 0.717) is 35.7 Å². The number of pyridine rings is 1. The minimum Gasteiger partial charge on any atom is -0.478 e. The van der Waals surface area contributed by atoms with Crippen molar-refractivity contribution in [2.24, 2.45) is 11.3 Å². The number of anilines is 2. The minimum absolute atomic E-state index is 0.104. The zero-order valence-electron chi connectivity index (χ0n) is 20.9. The van der Waals surface area contributed by atoms with Gasteiger partial charge in [-0.3, -0.25) is 0 Å². The molecule has 0 aliphatic heterocycles. The third kappa shape index (κ3) is 5.78. The molecule has 0 radical (unpaired) electrons. The highest BCUT2D eigenvalue weighted by Gasteiger charge is 2.27. The van der Waals surface area contributed by atoms with E-state index >= 15 is 0 Å². The average Bonchev–Trinajstić information content (AvgIpc) is 3.41. The maximum Gasteiger partial charge on any atom is 0.224 e.